The number of amides is 1. The molecule has 2 aromatic heterocycles. The highest BCUT2D eigenvalue weighted by Gasteiger charge is 2.31. The highest BCUT2D eigenvalue weighted by atomic mass is 32.2. The van der Waals surface area contributed by atoms with Crippen LogP contribution in [0, 0.1) is 0 Å². The Hall–Kier alpha value is -3.43. The molecule has 38 heavy (non-hydrogen) atoms. The summed E-state index contributed by atoms with van der Waals surface area (Å²) in [6, 6.07) is 9.07. The maximum absolute atomic E-state index is 12.7. The molecule has 4 aromatic rings. The standard InChI is InChI=1S/C23H23F3N6O4S2/c1-31-18-5-2-14(20(33)27-6-7-32-8-10-38(34,35)11-9-32)12-17(18)28-21(31)30-22-29-16-4-3-15(13-19(16)37-22)36-23(24,25)26/h2-5,12-13H,6-11H2,1H3,(H,27,33)(H,28,29,30). The fourth-order valence-corrected chi connectivity index (χ4v) is 6.27. The molecule has 0 spiro atoms. The minimum Gasteiger partial charge on any atom is -0.406 e. The van der Waals surface area contributed by atoms with Crippen LogP contribution in [0.2, 0.25) is 0 Å². The third-order valence-corrected chi connectivity index (χ3v) is 8.65. The third kappa shape index (κ3) is 6.00. The van der Waals surface area contributed by atoms with Crippen molar-refractivity contribution in [2.75, 3.05) is 43.0 Å². The number of anilines is 2. The molecule has 1 aliphatic heterocycles. The summed E-state index contributed by atoms with van der Waals surface area (Å²) in [5.74, 6) is 0.136. The van der Waals surface area contributed by atoms with E-state index in [0.29, 0.717) is 58.6 Å². The number of nitrogens with one attached hydrogen (secondary N) is 2. The van der Waals surface area contributed by atoms with Crippen molar-refractivity contribution in [2.45, 2.75) is 6.36 Å². The average molecular weight is 569 g/mol. The van der Waals surface area contributed by atoms with Gasteiger partial charge in [0.15, 0.2) is 15.0 Å². The van der Waals surface area contributed by atoms with Crippen LogP contribution in [0.3, 0.4) is 0 Å². The number of alkyl halides is 3. The SMILES string of the molecule is Cn1c(Nc2nc3ccc(OC(F)(F)F)cc3s2)nc2cc(C(=O)NCCN3CCS(=O)(=O)CC3)ccc21. The predicted molar refractivity (Wildman–Crippen MR) is 138 cm³/mol. The fraction of sp³-hybridized carbons (Fsp3) is 0.348. The van der Waals surface area contributed by atoms with Crippen LogP contribution >= 0.6 is 11.3 Å². The van der Waals surface area contributed by atoms with E-state index in [1.165, 1.54) is 18.2 Å². The number of rotatable bonds is 7. The molecule has 0 atom stereocenters. The lowest BCUT2D eigenvalue weighted by atomic mass is 10.2. The quantitative estimate of drug-likeness (QED) is 0.349. The van der Waals surface area contributed by atoms with Gasteiger partial charge in [0.05, 0.1) is 32.8 Å². The lowest BCUT2D eigenvalue weighted by molar-refractivity contribution is -0.274. The van der Waals surface area contributed by atoms with Gasteiger partial charge in [0.2, 0.25) is 5.95 Å². The molecule has 15 heteroatoms. The second kappa shape index (κ2) is 10.0. The van der Waals surface area contributed by atoms with Gasteiger partial charge in [-0.2, -0.15) is 0 Å². The molecule has 1 amide bonds. The molecule has 0 radical (unpaired) electrons. The number of aryl methyl sites for hydroxylation is 1. The number of thiazole rings is 1. The van der Waals surface area contributed by atoms with E-state index < -0.39 is 16.2 Å². The summed E-state index contributed by atoms with van der Waals surface area (Å²) in [7, 11) is -1.16. The first-order chi connectivity index (χ1) is 18.0. The van der Waals surface area contributed by atoms with Gasteiger partial charge in [0.25, 0.3) is 5.91 Å². The van der Waals surface area contributed by atoms with Crippen LogP contribution in [-0.2, 0) is 16.9 Å². The first-order valence-electron chi connectivity index (χ1n) is 11.6. The number of nitrogens with zero attached hydrogens (tertiary/aromatic N) is 4. The van der Waals surface area contributed by atoms with Crippen LogP contribution in [0.25, 0.3) is 21.3 Å². The van der Waals surface area contributed by atoms with Crippen molar-refractivity contribution in [3.63, 3.8) is 0 Å². The van der Waals surface area contributed by atoms with E-state index >= 15 is 0 Å². The zero-order valence-corrected chi connectivity index (χ0v) is 21.7. The number of aromatic nitrogens is 3. The van der Waals surface area contributed by atoms with Crippen molar-refractivity contribution >= 4 is 59.4 Å². The number of ether oxygens (including phenoxy) is 1. The summed E-state index contributed by atoms with van der Waals surface area (Å²) in [6.45, 7) is 1.88. The number of hydrogen-bond acceptors (Lipinski definition) is 9. The Balaban J connectivity index is 1.25. The summed E-state index contributed by atoms with van der Waals surface area (Å²) >= 11 is 1.16. The molecular formula is C23H23F3N6O4S2. The maximum atomic E-state index is 12.7. The second-order valence-corrected chi connectivity index (χ2v) is 12.1. The van der Waals surface area contributed by atoms with Crippen molar-refractivity contribution in [1.82, 2.24) is 24.8 Å². The topological polar surface area (TPSA) is 118 Å². The Morgan fingerprint density at radius 1 is 1.11 bits per heavy atom. The van der Waals surface area contributed by atoms with Crippen LogP contribution in [0.4, 0.5) is 24.3 Å². The van der Waals surface area contributed by atoms with Crippen LogP contribution < -0.4 is 15.4 Å². The molecule has 202 valence electrons. The van der Waals surface area contributed by atoms with E-state index in [1.54, 1.807) is 29.8 Å². The largest absolute Gasteiger partial charge is 0.573 e. The molecule has 2 aromatic carbocycles. The molecule has 3 heterocycles. The number of carbonyl (C=O) groups excluding carboxylic acids is 1. The number of fused-ring (bicyclic) bond motifs is 2. The highest BCUT2D eigenvalue weighted by molar-refractivity contribution is 7.91. The number of imidazole rings is 1. The van der Waals surface area contributed by atoms with Gasteiger partial charge in [-0.05, 0) is 30.3 Å². The molecule has 1 aliphatic rings. The molecule has 0 unspecified atom stereocenters. The summed E-state index contributed by atoms with van der Waals surface area (Å²) < 4.78 is 66.9. The Kier molecular flexibility index (Phi) is 6.92. The van der Waals surface area contributed by atoms with E-state index in [1.807, 2.05) is 4.90 Å². The number of halogens is 3. The Bertz CT molecular complexity index is 1600. The minimum atomic E-state index is -4.78. The summed E-state index contributed by atoms with van der Waals surface area (Å²) in [6.07, 6.45) is -4.78. The predicted octanol–water partition coefficient (Wildman–Crippen LogP) is 3.29. The van der Waals surface area contributed by atoms with Gasteiger partial charge in [-0.3, -0.25) is 9.69 Å². The molecular weight excluding hydrogens is 545 g/mol. The first kappa shape index (κ1) is 26.2. The van der Waals surface area contributed by atoms with Gasteiger partial charge >= 0.3 is 6.36 Å². The number of sulfone groups is 1. The van der Waals surface area contributed by atoms with Crippen molar-refractivity contribution < 1.29 is 31.1 Å². The van der Waals surface area contributed by atoms with Gasteiger partial charge in [0.1, 0.15) is 5.75 Å². The van der Waals surface area contributed by atoms with Gasteiger partial charge in [-0.25, -0.2) is 18.4 Å². The van der Waals surface area contributed by atoms with E-state index in [4.69, 9.17) is 0 Å². The molecule has 1 fully saturated rings. The molecule has 5 rings (SSSR count). The smallest absolute Gasteiger partial charge is 0.406 e. The van der Waals surface area contributed by atoms with E-state index in [0.717, 1.165) is 16.9 Å². The normalized spacial score (nSPS) is 16.1. The Labute approximate surface area is 219 Å². The van der Waals surface area contributed by atoms with Crippen LogP contribution in [-0.4, -0.2) is 77.8 Å². The van der Waals surface area contributed by atoms with Crippen LogP contribution in [0.15, 0.2) is 36.4 Å². The summed E-state index contributed by atoms with van der Waals surface area (Å²) in [5.41, 5.74) is 2.28. The highest BCUT2D eigenvalue weighted by Crippen LogP contribution is 2.33. The molecule has 0 bridgehead atoms. The van der Waals surface area contributed by atoms with Gasteiger partial charge < -0.3 is 19.9 Å². The van der Waals surface area contributed by atoms with E-state index in [-0.39, 0.29) is 23.2 Å². The monoisotopic (exact) mass is 568 g/mol. The van der Waals surface area contributed by atoms with E-state index in [9.17, 15) is 26.4 Å². The lowest BCUT2D eigenvalue weighted by Crippen LogP contribution is -2.43. The number of carbonyl (C=O) groups is 1. The Morgan fingerprint density at radius 3 is 2.61 bits per heavy atom. The molecule has 1 saturated heterocycles. The van der Waals surface area contributed by atoms with Crippen molar-refractivity contribution in [3.8, 4) is 5.75 Å². The zero-order valence-electron chi connectivity index (χ0n) is 20.1. The Morgan fingerprint density at radius 2 is 1.87 bits per heavy atom. The van der Waals surface area contributed by atoms with Gasteiger partial charge in [-0.1, -0.05) is 11.3 Å². The van der Waals surface area contributed by atoms with Crippen molar-refractivity contribution in [2.24, 2.45) is 7.05 Å². The third-order valence-electron chi connectivity index (χ3n) is 6.11. The van der Waals surface area contributed by atoms with Gasteiger partial charge in [-0.15, -0.1) is 13.2 Å². The van der Waals surface area contributed by atoms with Gasteiger partial charge in [0, 0.05) is 44.9 Å². The number of hydrogen-bond donors (Lipinski definition) is 2. The summed E-state index contributed by atoms with van der Waals surface area (Å²) in [5, 5.41) is 6.38. The fourth-order valence-electron chi connectivity index (χ4n) is 4.11. The van der Waals surface area contributed by atoms with Crippen LogP contribution in [0.1, 0.15) is 10.4 Å². The lowest BCUT2D eigenvalue weighted by Gasteiger charge is -2.26. The first-order valence-corrected chi connectivity index (χ1v) is 14.2. The molecule has 2 N–H and O–H groups in total. The zero-order chi connectivity index (χ0) is 27.1. The summed E-state index contributed by atoms with van der Waals surface area (Å²) in [4.78, 5) is 23.6. The molecule has 0 saturated carbocycles. The molecule has 10 nitrogen and oxygen atoms in total. The molecule has 0 aliphatic carbocycles. The van der Waals surface area contributed by atoms with Crippen molar-refractivity contribution in [1.29, 1.82) is 0 Å². The van der Waals surface area contributed by atoms with E-state index in [2.05, 4.69) is 25.3 Å². The average Bonchev–Trinajstić information content (AvgIpc) is 3.38. The van der Waals surface area contributed by atoms with Crippen molar-refractivity contribution in [3.05, 3.63) is 42.0 Å². The number of benzene rings is 2. The maximum Gasteiger partial charge on any atom is 0.573 e. The minimum absolute atomic E-state index is 0.137. The van der Waals surface area contributed by atoms with Crippen LogP contribution in [0.5, 0.6) is 5.75 Å². The second-order valence-electron chi connectivity index (χ2n) is 8.77.